The first-order valence-electron chi connectivity index (χ1n) is 11.2. The van der Waals surface area contributed by atoms with E-state index in [0.717, 1.165) is 35.9 Å². The lowest BCUT2D eigenvalue weighted by atomic mass is 9.97. The highest BCUT2D eigenvalue weighted by Gasteiger charge is 2.20. The van der Waals surface area contributed by atoms with Crippen LogP contribution in [0.2, 0.25) is 0 Å². The first-order chi connectivity index (χ1) is 15.7. The van der Waals surface area contributed by atoms with Crippen LogP contribution in [0.15, 0.2) is 47.8 Å². The van der Waals surface area contributed by atoms with Crippen molar-refractivity contribution in [2.45, 2.75) is 44.3 Å². The summed E-state index contributed by atoms with van der Waals surface area (Å²) in [5.74, 6) is 2.13. The molecule has 0 fully saturated rings. The minimum atomic E-state index is -0.0147. The van der Waals surface area contributed by atoms with Crippen LogP contribution in [0.1, 0.15) is 41.1 Å². The number of H-pyrrole nitrogens is 1. The molecule has 0 unspecified atom stereocenters. The highest BCUT2D eigenvalue weighted by Crippen LogP contribution is 2.33. The van der Waals surface area contributed by atoms with Gasteiger partial charge >= 0.3 is 0 Å². The second kappa shape index (κ2) is 11.0. The number of hydrogen-bond acceptors (Lipinski definition) is 5. The van der Waals surface area contributed by atoms with Crippen LogP contribution in [-0.2, 0) is 29.8 Å². The van der Waals surface area contributed by atoms with Gasteiger partial charge < -0.3 is 9.88 Å². The van der Waals surface area contributed by atoms with Crippen LogP contribution in [0.25, 0.3) is 10.2 Å². The molecule has 4 rings (SSSR count). The average Bonchev–Trinajstić information content (AvgIpc) is 3.19. The predicted octanol–water partition coefficient (Wildman–Crippen LogP) is 4.74. The third-order valence-electron chi connectivity index (χ3n) is 5.79. The number of carbonyl (C=O) groups is 1. The van der Waals surface area contributed by atoms with Crippen molar-refractivity contribution in [2.24, 2.45) is 0 Å². The molecule has 0 spiro atoms. The zero-order chi connectivity index (χ0) is 22.3. The molecule has 0 aliphatic heterocycles. The number of nitrogens with one attached hydrogen (secondary N) is 1. The Kier molecular flexibility index (Phi) is 7.81. The van der Waals surface area contributed by atoms with Gasteiger partial charge in [-0.3, -0.25) is 9.59 Å². The Bertz CT molecular complexity index is 1140. The number of rotatable bonds is 10. The van der Waals surface area contributed by atoms with Gasteiger partial charge in [-0.1, -0.05) is 36.4 Å². The van der Waals surface area contributed by atoms with Crippen molar-refractivity contribution >= 4 is 39.2 Å². The first kappa shape index (κ1) is 22.8. The number of aryl methyl sites for hydroxylation is 2. The monoisotopic (exact) mass is 467 g/mol. The number of amides is 1. The summed E-state index contributed by atoms with van der Waals surface area (Å²) in [6, 6.07) is 10.2. The molecule has 1 aliphatic carbocycles. The summed E-state index contributed by atoms with van der Waals surface area (Å²) in [5.41, 5.74) is 2.43. The highest BCUT2D eigenvalue weighted by atomic mass is 32.2. The van der Waals surface area contributed by atoms with E-state index in [1.54, 1.807) is 29.2 Å². The van der Waals surface area contributed by atoms with E-state index in [-0.39, 0.29) is 11.5 Å². The first-order valence-corrected chi connectivity index (χ1v) is 13.2. The summed E-state index contributed by atoms with van der Waals surface area (Å²) >= 11 is 3.31. The molecule has 2 heterocycles. The van der Waals surface area contributed by atoms with Gasteiger partial charge in [-0.25, -0.2) is 4.98 Å². The molecule has 168 valence electrons. The molecule has 1 aliphatic rings. The molecule has 0 saturated heterocycles. The molecule has 3 aromatic rings. The fourth-order valence-corrected chi connectivity index (χ4v) is 6.22. The quantitative estimate of drug-likeness (QED) is 0.345. The van der Waals surface area contributed by atoms with Gasteiger partial charge in [-0.05, 0) is 43.2 Å². The summed E-state index contributed by atoms with van der Waals surface area (Å²) in [6.45, 7) is 5.04. The number of aromatic amines is 1. The molecule has 0 atom stereocenters. The van der Waals surface area contributed by atoms with Crippen molar-refractivity contribution < 1.29 is 4.79 Å². The SMILES string of the molecule is C=CCN(CCc1ccccc1)C(=O)CCSCc1nc2sc3c(c2c(=O)[nH]1)CCCC3. The van der Waals surface area contributed by atoms with E-state index in [0.29, 0.717) is 36.8 Å². The molecule has 1 amide bonds. The van der Waals surface area contributed by atoms with Crippen LogP contribution in [0.3, 0.4) is 0 Å². The summed E-state index contributed by atoms with van der Waals surface area (Å²) in [6.07, 6.45) is 7.48. The summed E-state index contributed by atoms with van der Waals surface area (Å²) in [7, 11) is 0. The predicted molar refractivity (Wildman–Crippen MR) is 135 cm³/mol. The lowest BCUT2D eigenvalue weighted by Crippen LogP contribution is -2.33. The Labute approximate surface area is 197 Å². The van der Waals surface area contributed by atoms with Crippen LogP contribution in [-0.4, -0.2) is 39.6 Å². The Morgan fingerprint density at radius 2 is 2.06 bits per heavy atom. The normalized spacial score (nSPS) is 13.1. The number of thiophene rings is 1. The lowest BCUT2D eigenvalue weighted by Gasteiger charge is -2.21. The Morgan fingerprint density at radius 3 is 2.88 bits per heavy atom. The largest absolute Gasteiger partial charge is 0.339 e. The summed E-state index contributed by atoms with van der Waals surface area (Å²) in [5, 5.41) is 0.798. The molecule has 32 heavy (non-hydrogen) atoms. The third-order valence-corrected chi connectivity index (χ3v) is 7.94. The molecule has 0 saturated carbocycles. The van der Waals surface area contributed by atoms with E-state index < -0.39 is 0 Å². The minimum Gasteiger partial charge on any atom is -0.339 e. The molecular formula is C25H29N3O2S2. The Morgan fingerprint density at radius 1 is 1.25 bits per heavy atom. The van der Waals surface area contributed by atoms with E-state index in [2.05, 4.69) is 23.7 Å². The molecular weight excluding hydrogens is 438 g/mol. The van der Waals surface area contributed by atoms with Gasteiger partial charge in [0, 0.05) is 30.1 Å². The van der Waals surface area contributed by atoms with Crippen molar-refractivity contribution in [1.29, 1.82) is 0 Å². The van der Waals surface area contributed by atoms with Crippen molar-refractivity contribution in [2.75, 3.05) is 18.8 Å². The van der Waals surface area contributed by atoms with Crippen molar-refractivity contribution in [3.8, 4) is 0 Å². The number of carbonyl (C=O) groups excluding carboxylic acids is 1. The zero-order valence-electron chi connectivity index (χ0n) is 18.3. The zero-order valence-corrected chi connectivity index (χ0v) is 19.9. The number of hydrogen-bond donors (Lipinski definition) is 1. The van der Waals surface area contributed by atoms with Crippen molar-refractivity contribution in [1.82, 2.24) is 14.9 Å². The van der Waals surface area contributed by atoms with Crippen LogP contribution in [0.4, 0.5) is 0 Å². The van der Waals surface area contributed by atoms with E-state index in [9.17, 15) is 9.59 Å². The molecule has 7 heteroatoms. The second-order valence-corrected chi connectivity index (χ2v) is 10.3. The topological polar surface area (TPSA) is 66.1 Å². The van der Waals surface area contributed by atoms with Gasteiger partial charge in [-0.15, -0.1) is 17.9 Å². The third kappa shape index (κ3) is 5.51. The second-order valence-electron chi connectivity index (χ2n) is 8.07. The van der Waals surface area contributed by atoms with E-state index >= 15 is 0 Å². The van der Waals surface area contributed by atoms with Crippen LogP contribution >= 0.6 is 23.1 Å². The number of aromatic nitrogens is 2. The lowest BCUT2D eigenvalue weighted by molar-refractivity contribution is -0.130. The van der Waals surface area contributed by atoms with Crippen LogP contribution in [0.5, 0.6) is 0 Å². The maximum absolute atomic E-state index is 12.7. The minimum absolute atomic E-state index is 0.0147. The van der Waals surface area contributed by atoms with Gasteiger partial charge in [-0.2, -0.15) is 11.8 Å². The standard InChI is InChI=1S/C25H29N3O2S2/c1-2-14-28(15-12-18-8-4-3-5-9-18)22(29)13-16-31-17-21-26-24(30)23-19-10-6-7-11-20(19)32-25(23)27-21/h2-5,8-9H,1,6-7,10-17H2,(H,26,27,30). The fourth-order valence-electron chi connectivity index (χ4n) is 4.15. The molecule has 2 aromatic heterocycles. The summed E-state index contributed by atoms with van der Waals surface area (Å²) in [4.78, 5) is 37.1. The number of fused-ring (bicyclic) bond motifs is 3. The highest BCUT2D eigenvalue weighted by molar-refractivity contribution is 7.98. The van der Waals surface area contributed by atoms with Crippen LogP contribution < -0.4 is 5.56 Å². The van der Waals surface area contributed by atoms with Gasteiger partial charge in [0.05, 0.1) is 11.1 Å². The van der Waals surface area contributed by atoms with Crippen molar-refractivity contribution in [3.63, 3.8) is 0 Å². The number of nitrogens with zero attached hydrogens (tertiary/aromatic N) is 2. The molecule has 0 bridgehead atoms. The maximum atomic E-state index is 12.7. The van der Waals surface area contributed by atoms with E-state index in [4.69, 9.17) is 4.98 Å². The molecule has 5 nitrogen and oxygen atoms in total. The van der Waals surface area contributed by atoms with Crippen LogP contribution in [0, 0.1) is 0 Å². The number of thioether (sulfide) groups is 1. The maximum Gasteiger partial charge on any atom is 0.259 e. The van der Waals surface area contributed by atoms with E-state index in [1.165, 1.54) is 22.4 Å². The summed E-state index contributed by atoms with van der Waals surface area (Å²) < 4.78 is 0. The average molecular weight is 468 g/mol. The Hall–Kier alpha value is -2.38. The molecule has 1 aromatic carbocycles. The van der Waals surface area contributed by atoms with Gasteiger partial charge in [0.2, 0.25) is 5.91 Å². The molecule has 0 radical (unpaired) electrons. The van der Waals surface area contributed by atoms with E-state index in [1.807, 2.05) is 23.1 Å². The van der Waals surface area contributed by atoms with Gasteiger partial charge in [0.15, 0.2) is 0 Å². The smallest absolute Gasteiger partial charge is 0.259 e. The Balaban J connectivity index is 1.29. The van der Waals surface area contributed by atoms with Gasteiger partial charge in [0.25, 0.3) is 5.56 Å². The van der Waals surface area contributed by atoms with Gasteiger partial charge in [0.1, 0.15) is 10.7 Å². The molecule has 1 N–H and O–H groups in total. The van der Waals surface area contributed by atoms with Crippen molar-refractivity contribution in [3.05, 3.63) is 75.2 Å². The fraction of sp³-hybridized carbons (Fsp3) is 0.400. The number of benzene rings is 1.